The van der Waals surface area contributed by atoms with Crippen molar-refractivity contribution in [2.75, 3.05) is 13.1 Å². The van der Waals surface area contributed by atoms with E-state index >= 15 is 0 Å². The maximum Gasteiger partial charge on any atom is 0.120 e. The third-order valence-corrected chi connectivity index (χ3v) is 2.22. The molecule has 1 rings (SSSR count). The molecule has 3 nitrogen and oxygen atoms in total. The maximum absolute atomic E-state index is 7.55. The second kappa shape index (κ2) is 5.65. The van der Waals surface area contributed by atoms with Gasteiger partial charge in [0.15, 0.2) is 0 Å². The Bertz CT molecular complexity index is 202. The van der Waals surface area contributed by atoms with Crippen molar-refractivity contribution in [3.05, 3.63) is 12.7 Å². The van der Waals surface area contributed by atoms with E-state index in [1.807, 2.05) is 0 Å². The van der Waals surface area contributed by atoms with Crippen LogP contribution in [0.2, 0.25) is 0 Å². The van der Waals surface area contributed by atoms with Crippen molar-refractivity contribution in [3.63, 3.8) is 0 Å². The molecule has 0 spiro atoms. The molecule has 0 bridgehead atoms. The highest BCUT2D eigenvalue weighted by molar-refractivity contribution is 5.90. The van der Waals surface area contributed by atoms with Crippen LogP contribution >= 0.6 is 0 Å². The van der Waals surface area contributed by atoms with E-state index in [9.17, 15) is 0 Å². The molecule has 1 saturated heterocycles. The fourth-order valence-corrected chi connectivity index (χ4v) is 1.57. The van der Waals surface area contributed by atoms with Gasteiger partial charge in [-0.2, -0.15) is 0 Å². The van der Waals surface area contributed by atoms with E-state index in [1.54, 1.807) is 12.3 Å². The summed E-state index contributed by atoms with van der Waals surface area (Å²) in [5.41, 5.74) is 0. The molecule has 1 aliphatic heterocycles. The minimum Gasteiger partial charge on any atom is -0.316 e. The van der Waals surface area contributed by atoms with Crippen LogP contribution in [0.1, 0.15) is 19.3 Å². The number of aliphatic imine (C=N–C) groups is 1. The average Bonchev–Trinajstić information content (AvgIpc) is 2.16. The van der Waals surface area contributed by atoms with Crippen LogP contribution in [0.5, 0.6) is 0 Å². The van der Waals surface area contributed by atoms with Gasteiger partial charge in [0.25, 0.3) is 0 Å². The summed E-state index contributed by atoms with van der Waals surface area (Å²) in [5.74, 6) is 1.07. The minimum absolute atomic E-state index is 0.466. The van der Waals surface area contributed by atoms with Gasteiger partial charge in [-0.1, -0.05) is 12.7 Å². The van der Waals surface area contributed by atoms with Gasteiger partial charge in [-0.05, 0) is 31.8 Å². The Morgan fingerprint density at radius 2 is 2.54 bits per heavy atom. The topological polar surface area (TPSA) is 48.2 Å². The molecule has 1 unspecified atom stereocenters. The van der Waals surface area contributed by atoms with Gasteiger partial charge in [-0.25, -0.2) is 4.99 Å². The second-order valence-electron chi connectivity index (χ2n) is 3.38. The number of nitrogens with one attached hydrogen (secondary N) is 2. The van der Waals surface area contributed by atoms with Crippen molar-refractivity contribution in [1.29, 1.82) is 5.41 Å². The maximum atomic E-state index is 7.55. The number of nitrogens with zero attached hydrogens (tertiary/aromatic N) is 1. The highest BCUT2D eigenvalue weighted by atomic mass is 14.9. The Hall–Kier alpha value is -0.960. The quantitative estimate of drug-likeness (QED) is 0.502. The van der Waals surface area contributed by atoms with Gasteiger partial charge >= 0.3 is 0 Å². The molecule has 0 aromatic heterocycles. The van der Waals surface area contributed by atoms with Crippen molar-refractivity contribution < 1.29 is 0 Å². The number of hydrogen-bond acceptors (Lipinski definition) is 2. The first-order chi connectivity index (χ1) is 6.33. The van der Waals surface area contributed by atoms with E-state index in [1.165, 1.54) is 12.8 Å². The highest BCUT2D eigenvalue weighted by Gasteiger charge is 2.13. The molecule has 1 fully saturated rings. The van der Waals surface area contributed by atoms with Crippen molar-refractivity contribution in [1.82, 2.24) is 5.32 Å². The van der Waals surface area contributed by atoms with Crippen LogP contribution in [-0.4, -0.2) is 25.1 Å². The van der Waals surface area contributed by atoms with Crippen LogP contribution in [0.25, 0.3) is 0 Å². The standard InChI is InChI=1S/C10H17N3/c1-2-5-13-10(11)7-9-4-3-6-12-8-9/h2,5,9,11-12H,1,3-4,6-8H2/b11-10?,13-5-. The van der Waals surface area contributed by atoms with E-state index < -0.39 is 0 Å². The van der Waals surface area contributed by atoms with Gasteiger partial charge in [0.2, 0.25) is 0 Å². The third-order valence-electron chi connectivity index (χ3n) is 2.22. The molecule has 0 aromatic carbocycles. The van der Waals surface area contributed by atoms with Gasteiger partial charge in [-0.15, -0.1) is 0 Å². The first-order valence-electron chi connectivity index (χ1n) is 4.76. The molecule has 0 aromatic rings. The summed E-state index contributed by atoms with van der Waals surface area (Å²) in [5, 5.41) is 10.9. The molecular weight excluding hydrogens is 162 g/mol. The van der Waals surface area contributed by atoms with E-state index in [0.29, 0.717) is 11.8 Å². The van der Waals surface area contributed by atoms with E-state index in [4.69, 9.17) is 5.41 Å². The summed E-state index contributed by atoms with van der Waals surface area (Å²) in [6.45, 7) is 5.68. The number of allylic oxidation sites excluding steroid dienone is 1. The fourth-order valence-electron chi connectivity index (χ4n) is 1.57. The summed E-state index contributed by atoms with van der Waals surface area (Å²) >= 11 is 0. The molecule has 1 atom stereocenters. The van der Waals surface area contributed by atoms with Gasteiger partial charge in [0.1, 0.15) is 5.84 Å². The predicted octanol–water partition coefficient (Wildman–Crippen LogP) is 1.61. The first-order valence-corrected chi connectivity index (χ1v) is 4.76. The zero-order valence-electron chi connectivity index (χ0n) is 7.92. The van der Waals surface area contributed by atoms with Crippen LogP contribution in [0.15, 0.2) is 17.6 Å². The molecule has 1 heterocycles. The minimum atomic E-state index is 0.466. The fraction of sp³-hybridized carbons (Fsp3) is 0.600. The van der Waals surface area contributed by atoms with Crippen LogP contribution < -0.4 is 5.32 Å². The van der Waals surface area contributed by atoms with Crippen molar-refractivity contribution in [2.45, 2.75) is 19.3 Å². The molecule has 2 N–H and O–H groups in total. The average molecular weight is 179 g/mol. The summed E-state index contributed by atoms with van der Waals surface area (Å²) < 4.78 is 0. The zero-order valence-corrected chi connectivity index (χ0v) is 7.92. The summed E-state index contributed by atoms with van der Waals surface area (Å²) in [7, 11) is 0. The van der Waals surface area contributed by atoms with Crippen molar-refractivity contribution in [2.24, 2.45) is 10.9 Å². The molecule has 1 aliphatic rings. The van der Waals surface area contributed by atoms with Crippen molar-refractivity contribution >= 4 is 12.1 Å². The van der Waals surface area contributed by atoms with Crippen LogP contribution in [-0.2, 0) is 0 Å². The highest BCUT2D eigenvalue weighted by Crippen LogP contribution is 2.14. The number of piperidine rings is 1. The Balaban J connectivity index is 2.25. The largest absolute Gasteiger partial charge is 0.316 e. The van der Waals surface area contributed by atoms with Crippen LogP contribution in [0, 0.1) is 11.3 Å². The lowest BCUT2D eigenvalue weighted by molar-refractivity contribution is 0.387. The lowest BCUT2D eigenvalue weighted by atomic mass is 9.96. The van der Waals surface area contributed by atoms with Crippen LogP contribution in [0.4, 0.5) is 0 Å². The molecule has 0 radical (unpaired) electrons. The van der Waals surface area contributed by atoms with Gasteiger partial charge in [0.05, 0.1) is 0 Å². The smallest absolute Gasteiger partial charge is 0.120 e. The molecule has 13 heavy (non-hydrogen) atoms. The van der Waals surface area contributed by atoms with Gasteiger partial charge in [0, 0.05) is 12.6 Å². The normalized spacial score (nSPS) is 23.2. The number of rotatable bonds is 3. The van der Waals surface area contributed by atoms with E-state index in [-0.39, 0.29) is 0 Å². The van der Waals surface area contributed by atoms with Gasteiger partial charge < -0.3 is 5.32 Å². The Morgan fingerprint density at radius 3 is 3.15 bits per heavy atom. The second-order valence-corrected chi connectivity index (χ2v) is 3.38. The molecule has 3 heteroatoms. The Morgan fingerprint density at radius 1 is 1.69 bits per heavy atom. The summed E-state index contributed by atoms with van der Waals surface area (Å²) in [6, 6.07) is 0. The van der Waals surface area contributed by atoms with E-state index in [2.05, 4.69) is 16.9 Å². The van der Waals surface area contributed by atoms with Crippen molar-refractivity contribution in [3.8, 4) is 0 Å². The molecular formula is C10H17N3. The zero-order chi connectivity index (χ0) is 9.52. The number of amidine groups is 1. The predicted molar refractivity (Wildman–Crippen MR) is 56.6 cm³/mol. The summed E-state index contributed by atoms with van der Waals surface area (Å²) in [6.07, 6.45) is 6.42. The Labute approximate surface area is 79.5 Å². The Kier molecular flexibility index (Phi) is 4.40. The summed E-state index contributed by atoms with van der Waals surface area (Å²) in [4.78, 5) is 3.95. The van der Waals surface area contributed by atoms with Gasteiger partial charge in [-0.3, -0.25) is 5.41 Å². The number of hydrogen-bond donors (Lipinski definition) is 2. The third kappa shape index (κ3) is 3.99. The monoisotopic (exact) mass is 179 g/mol. The molecule has 0 aliphatic carbocycles. The first kappa shape index (κ1) is 10.1. The van der Waals surface area contributed by atoms with E-state index in [0.717, 1.165) is 19.5 Å². The molecule has 0 amide bonds. The van der Waals surface area contributed by atoms with Crippen LogP contribution in [0.3, 0.4) is 0 Å². The molecule has 0 saturated carbocycles. The lowest BCUT2D eigenvalue weighted by Gasteiger charge is -2.21. The molecule has 72 valence electrons. The SMILES string of the molecule is C=C/C=N\C(=N)CC1CCCNC1. The lowest BCUT2D eigenvalue weighted by Crippen LogP contribution is -2.30.